The molecule has 15 heavy (non-hydrogen) atoms. The molecule has 1 aromatic heterocycles. The van der Waals surface area contributed by atoms with E-state index in [0.717, 1.165) is 12.0 Å². The van der Waals surface area contributed by atoms with Crippen LogP contribution in [-0.4, -0.2) is 20.0 Å². The van der Waals surface area contributed by atoms with Crippen LogP contribution in [0.5, 0.6) is 0 Å². The molecule has 0 saturated heterocycles. The van der Waals surface area contributed by atoms with E-state index >= 15 is 0 Å². The van der Waals surface area contributed by atoms with Gasteiger partial charge in [0.1, 0.15) is 5.75 Å². The Morgan fingerprint density at radius 3 is 2.53 bits per heavy atom. The van der Waals surface area contributed by atoms with Gasteiger partial charge in [-0.15, -0.1) is 0 Å². The Labute approximate surface area is 90.4 Å². The molecule has 0 saturated carbocycles. The molecule has 84 valence electrons. The molecule has 0 bridgehead atoms. The van der Waals surface area contributed by atoms with Gasteiger partial charge in [-0.3, -0.25) is 9.17 Å². The van der Waals surface area contributed by atoms with Gasteiger partial charge in [-0.05, 0) is 25.0 Å². The zero-order valence-electron chi connectivity index (χ0n) is 8.93. The Balaban J connectivity index is 2.73. The number of aryl methyl sites for hydroxylation is 1. The van der Waals surface area contributed by atoms with Crippen molar-refractivity contribution < 1.29 is 12.6 Å². The maximum Gasteiger partial charge on any atom is 0.273 e. The first-order chi connectivity index (χ1) is 7.07. The molecule has 0 aliphatic carbocycles. The summed E-state index contributed by atoms with van der Waals surface area (Å²) in [7, 11) is -3.47. The van der Waals surface area contributed by atoms with Crippen molar-refractivity contribution in [2.24, 2.45) is 0 Å². The number of hydrogen-bond acceptors (Lipinski definition) is 4. The van der Waals surface area contributed by atoms with E-state index in [0.29, 0.717) is 5.69 Å². The molecule has 0 aliphatic rings. The summed E-state index contributed by atoms with van der Waals surface area (Å²) in [6, 6.07) is 3.60. The highest BCUT2D eigenvalue weighted by atomic mass is 32.2. The maximum absolute atomic E-state index is 11.3. The quantitative estimate of drug-likeness (QED) is 0.718. The number of rotatable bonds is 5. The van der Waals surface area contributed by atoms with Gasteiger partial charge in [0.15, 0.2) is 0 Å². The van der Waals surface area contributed by atoms with Crippen LogP contribution in [0, 0.1) is 0 Å². The number of hydrogen-bond donors (Lipinski definition) is 0. The lowest BCUT2D eigenvalue weighted by Gasteiger charge is -2.03. The molecule has 0 amide bonds. The predicted molar refractivity (Wildman–Crippen MR) is 57.9 cm³/mol. The predicted octanol–water partition coefficient (Wildman–Crippen LogP) is 1.51. The van der Waals surface area contributed by atoms with Crippen molar-refractivity contribution in [2.75, 3.05) is 6.61 Å². The van der Waals surface area contributed by atoms with Crippen LogP contribution in [0.15, 0.2) is 18.3 Å². The van der Waals surface area contributed by atoms with Crippen LogP contribution >= 0.6 is 0 Å². The molecule has 4 nitrogen and oxygen atoms in total. The summed E-state index contributed by atoms with van der Waals surface area (Å²) in [5.41, 5.74) is 1.60. The van der Waals surface area contributed by atoms with Gasteiger partial charge in [0.2, 0.25) is 0 Å². The van der Waals surface area contributed by atoms with Crippen molar-refractivity contribution in [3.8, 4) is 0 Å². The van der Waals surface area contributed by atoms with Gasteiger partial charge in [-0.1, -0.05) is 13.0 Å². The van der Waals surface area contributed by atoms with Crippen LogP contribution in [0.1, 0.15) is 25.1 Å². The fourth-order valence-electron chi connectivity index (χ4n) is 1.15. The second-order valence-corrected chi connectivity index (χ2v) is 4.76. The van der Waals surface area contributed by atoms with Crippen LogP contribution in [0.25, 0.3) is 0 Å². The molecule has 1 rings (SSSR count). The molecule has 0 N–H and O–H groups in total. The zero-order valence-corrected chi connectivity index (χ0v) is 9.75. The lowest BCUT2D eigenvalue weighted by atomic mass is 10.2. The fraction of sp³-hybridized carbons (Fsp3) is 0.500. The first-order valence-corrected chi connectivity index (χ1v) is 6.46. The summed E-state index contributed by atoms with van der Waals surface area (Å²) >= 11 is 0. The average Bonchev–Trinajstić information content (AvgIpc) is 2.18. The second-order valence-electron chi connectivity index (χ2n) is 3.12. The Kier molecular flexibility index (Phi) is 4.23. The molecule has 0 atom stereocenters. The number of pyridine rings is 1. The van der Waals surface area contributed by atoms with Crippen LogP contribution in [0.3, 0.4) is 0 Å². The molecule has 0 aromatic carbocycles. The van der Waals surface area contributed by atoms with Crippen molar-refractivity contribution in [1.29, 1.82) is 0 Å². The minimum Gasteiger partial charge on any atom is -0.270 e. The van der Waals surface area contributed by atoms with Crippen molar-refractivity contribution in [2.45, 2.75) is 26.0 Å². The highest BCUT2D eigenvalue weighted by Gasteiger charge is 2.12. The van der Waals surface area contributed by atoms with Gasteiger partial charge < -0.3 is 0 Å². The molecule has 0 aliphatic heterocycles. The van der Waals surface area contributed by atoms with Gasteiger partial charge in [-0.2, -0.15) is 8.42 Å². The minimum absolute atomic E-state index is 0.162. The van der Waals surface area contributed by atoms with Crippen molar-refractivity contribution >= 4 is 10.1 Å². The van der Waals surface area contributed by atoms with Crippen LogP contribution < -0.4 is 0 Å². The summed E-state index contributed by atoms with van der Waals surface area (Å²) in [5.74, 6) is -0.162. The van der Waals surface area contributed by atoms with Gasteiger partial charge in [0, 0.05) is 6.20 Å². The highest BCUT2D eigenvalue weighted by molar-refractivity contribution is 7.85. The SMILES string of the molecule is CCOS(=O)(=O)Cc1ccc(CC)cn1. The summed E-state index contributed by atoms with van der Waals surface area (Å²) in [6.07, 6.45) is 2.59. The maximum atomic E-state index is 11.3. The zero-order chi connectivity index (χ0) is 11.3. The fourth-order valence-corrected chi connectivity index (χ4v) is 2.13. The first kappa shape index (κ1) is 12.1. The van der Waals surface area contributed by atoms with Crippen molar-refractivity contribution in [1.82, 2.24) is 4.98 Å². The third kappa shape index (κ3) is 3.97. The second kappa shape index (κ2) is 5.23. The Morgan fingerprint density at radius 2 is 2.07 bits per heavy atom. The summed E-state index contributed by atoms with van der Waals surface area (Å²) in [5, 5.41) is 0. The molecule has 1 heterocycles. The van der Waals surface area contributed by atoms with Gasteiger partial charge >= 0.3 is 0 Å². The van der Waals surface area contributed by atoms with E-state index < -0.39 is 10.1 Å². The van der Waals surface area contributed by atoms with Gasteiger partial charge in [-0.25, -0.2) is 0 Å². The molecular formula is C10H15NO3S. The van der Waals surface area contributed by atoms with Crippen LogP contribution in [0.4, 0.5) is 0 Å². The van der Waals surface area contributed by atoms with Crippen LogP contribution in [0.2, 0.25) is 0 Å². The highest BCUT2D eigenvalue weighted by Crippen LogP contribution is 2.06. The monoisotopic (exact) mass is 229 g/mol. The Bertz CT molecular complexity index is 397. The third-order valence-electron chi connectivity index (χ3n) is 1.92. The summed E-state index contributed by atoms with van der Waals surface area (Å²) < 4.78 is 27.2. The van der Waals surface area contributed by atoms with E-state index in [4.69, 9.17) is 0 Å². The van der Waals surface area contributed by atoms with Gasteiger partial charge in [0.05, 0.1) is 12.3 Å². The molecular weight excluding hydrogens is 214 g/mol. The molecule has 1 aromatic rings. The third-order valence-corrected chi connectivity index (χ3v) is 3.16. The largest absolute Gasteiger partial charge is 0.273 e. The summed E-state index contributed by atoms with van der Waals surface area (Å²) in [4.78, 5) is 4.06. The Morgan fingerprint density at radius 1 is 1.33 bits per heavy atom. The van der Waals surface area contributed by atoms with E-state index in [1.54, 1.807) is 19.2 Å². The normalized spacial score (nSPS) is 11.6. The minimum atomic E-state index is -3.47. The topological polar surface area (TPSA) is 56.3 Å². The lowest BCUT2D eigenvalue weighted by molar-refractivity contribution is 0.337. The lowest BCUT2D eigenvalue weighted by Crippen LogP contribution is -2.09. The van der Waals surface area contributed by atoms with Crippen molar-refractivity contribution in [3.63, 3.8) is 0 Å². The first-order valence-electron chi connectivity index (χ1n) is 4.88. The van der Waals surface area contributed by atoms with E-state index in [1.807, 2.05) is 13.0 Å². The average molecular weight is 229 g/mol. The van der Waals surface area contributed by atoms with E-state index in [-0.39, 0.29) is 12.4 Å². The molecule has 0 unspecified atom stereocenters. The Hall–Kier alpha value is -0.940. The van der Waals surface area contributed by atoms with E-state index in [9.17, 15) is 8.42 Å². The molecule has 5 heteroatoms. The van der Waals surface area contributed by atoms with Crippen LogP contribution in [-0.2, 0) is 26.5 Å². The smallest absolute Gasteiger partial charge is 0.270 e. The van der Waals surface area contributed by atoms with Crippen molar-refractivity contribution in [3.05, 3.63) is 29.6 Å². The van der Waals surface area contributed by atoms with E-state index in [2.05, 4.69) is 9.17 Å². The van der Waals surface area contributed by atoms with Gasteiger partial charge in [0.25, 0.3) is 10.1 Å². The molecule has 0 fully saturated rings. The van der Waals surface area contributed by atoms with E-state index in [1.165, 1.54) is 0 Å². The number of aromatic nitrogens is 1. The molecule has 0 radical (unpaired) electrons. The molecule has 0 spiro atoms. The summed E-state index contributed by atoms with van der Waals surface area (Å²) in [6.45, 7) is 3.83. The number of nitrogens with zero attached hydrogens (tertiary/aromatic N) is 1. The standard InChI is InChI=1S/C10H15NO3S/c1-3-9-5-6-10(11-7-9)8-15(12,13)14-4-2/h5-7H,3-4,8H2,1-2H3.